The number of benzene rings is 2. The Hall–Kier alpha value is -1.76. The van der Waals surface area contributed by atoms with Crippen molar-refractivity contribution in [3.63, 3.8) is 0 Å². The van der Waals surface area contributed by atoms with Crippen LogP contribution in [0.25, 0.3) is 11.1 Å². The standard InChI is InChI=1S/C26H35N/c1-27(2)26-24(21-14-8-4-9-15-21)19-18-23(20-12-6-3-7-13-20)25(26)22-16-10-5-11-17-22/h4,8-9,14-15,18-20,22H,3,5-7,10-13,16-17H2,1-2H3. The smallest absolute Gasteiger partial charge is 0.0478 e. The molecule has 0 bridgehead atoms. The maximum absolute atomic E-state index is 2.51. The Balaban J connectivity index is 1.88. The lowest BCUT2D eigenvalue weighted by molar-refractivity contribution is 0.419. The van der Waals surface area contributed by atoms with E-state index < -0.39 is 0 Å². The molecule has 144 valence electrons. The van der Waals surface area contributed by atoms with E-state index in [0.717, 1.165) is 11.8 Å². The topological polar surface area (TPSA) is 3.24 Å². The summed E-state index contributed by atoms with van der Waals surface area (Å²) in [5.74, 6) is 1.52. The van der Waals surface area contributed by atoms with Crippen molar-refractivity contribution in [2.75, 3.05) is 19.0 Å². The molecule has 2 aromatic carbocycles. The molecule has 0 atom stereocenters. The molecule has 27 heavy (non-hydrogen) atoms. The minimum Gasteiger partial charge on any atom is -0.377 e. The Morgan fingerprint density at radius 1 is 0.667 bits per heavy atom. The Bertz CT molecular complexity index is 734. The molecule has 0 heterocycles. The van der Waals surface area contributed by atoms with Gasteiger partial charge in [-0.05, 0) is 54.2 Å². The van der Waals surface area contributed by atoms with Crippen LogP contribution in [-0.2, 0) is 0 Å². The highest BCUT2D eigenvalue weighted by atomic mass is 15.1. The molecular formula is C26H35N. The predicted octanol–water partition coefficient (Wildman–Crippen LogP) is 7.52. The molecule has 0 N–H and O–H groups in total. The summed E-state index contributed by atoms with van der Waals surface area (Å²) >= 11 is 0. The average molecular weight is 362 g/mol. The van der Waals surface area contributed by atoms with E-state index in [9.17, 15) is 0 Å². The summed E-state index contributed by atoms with van der Waals surface area (Å²) in [4.78, 5) is 2.40. The lowest BCUT2D eigenvalue weighted by atomic mass is 9.74. The molecule has 0 unspecified atom stereocenters. The zero-order valence-corrected chi connectivity index (χ0v) is 17.2. The van der Waals surface area contributed by atoms with Crippen LogP contribution in [0.1, 0.15) is 87.2 Å². The molecule has 2 saturated carbocycles. The summed E-state index contributed by atoms with van der Waals surface area (Å²) in [5, 5.41) is 0. The van der Waals surface area contributed by atoms with E-state index in [-0.39, 0.29) is 0 Å². The molecule has 1 heteroatoms. The third kappa shape index (κ3) is 3.93. The first-order chi connectivity index (χ1) is 13.3. The monoisotopic (exact) mass is 361 g/mol. The van der Waals surface area contributed by atoms with Crippen LogP contribution in [0.5, 0.6) is 0 Å². The van der Waals surface area contributed by atoms with Crippen LogP contribution in [0.3, 0.4) is 0 Å². The van der Waals surface area contributed by atoms with Gasteiger partial charge < -0.3 is 4.90 Å². The highest BCUT2D eigenvalue weighted by molar-refractivity contribution is 5.82. The van der Waals surface area contributed by atoms with E-state index in [1.807, 2.05) is 0 Å². The van der Waals surface area contributed by atoms with Crippen LogP contribution in [0.2, 0.25) is 0 Å². The quantitative estimate of drug-likeness (QED) is 0.544. The highest BCUT2D eigenvalue weighted by Gasteiger charge is 2.28. The van der Waals surface area contributed by atoms with Gasteiger partial charge in [0.05, 0.1) is 0 Å². The molecule has 2 aromatic rings. The molecule has 0 radical (unpaired) electrons. The van der Waals surface area contributed by atoms with Crippen LogP contribution >= 0.6 is 0 Å². The zero-order valence-electron chi connectivity index (χ0n) is 17.2. The second kappa shape index (κ2) is 8.50. The van der Waals surface area contributed by atoms with Crippen molar-refractivity contribution in [3.8, 4) is 11.1 Å². The van der Waals surface area contributed by atoms with Gasteiger partial charge in [0.1, 0.15) is 0 Å². The van der Waals surface area contributed by atoms with Crippen molar-refractivity contribution >= 4 is 5.69 Å². The fourth-order valence-electron chi connectivity index (χ4n) is 5.55. The van der Waals surface area contributed by atoms with E-state index >= 15 is 0 Å². The fourth-order valence-corrected chi connectivity index (χ4v) is 5.55. The predicted molar refractivity (Wildman–Crippen MR) is 118 cm³/mol. The van der Waals surface area contributed by atoms with Crippen molar-refractivity contribution in [3.05, 3.63) is 53.6 Å². The second-order valence-electron chi connectivity index (χ2n) is 8.89. The van der Waals surface area contributed by atoms with Gasteiger partial charge in [0.25, 0.3) is 0 Å². The van der Waals surface area contributed by atoms with Crippen molar-refractivity contribution in [1.29, 1.82) is 0 Å². The molecule has 2 aliphatic carbocycles. The Morgan fingerprint density at radius 3 is 1.85 bits per heavy atom. The normalized spacial score (nSPS) is 19.2. The molecule has 0 saturated heterocycles. The van der Waals surface area contributed by atoms with Gasteiger partial charge in [-0.1, -0.05) is 81.0 Å². The fraction of sp³-hybridized carbons (Fsp3) is 0.538. The van der Waals surface area contributed by atoms with Crippen LogP contribution in [-0.4, -0.2) is 14.1 Å². The third-order valence-corrected chi connectivity index (χ3v) is 6.84. The molecule has 0 amide bonds. The SMILES string of the molecule is CN(C)c1c(-c2ccccc2)ccc(C2CCCCC2)c1C1CCCCC1. The summed E-state index contributed by atoms with van der Waals surface area (Å²) in [6.07, 6.45) is 14.0. The average Bonchev–Trinajstić information content (AvgIpc) is 2.74. The number of anilines is 1. The van der Waals surface area contributed by atoms with Gasteiger partial charge in [-0.25, -0.2) is 0 Å². The summed E-state index contributed by atoms with van der Waals surface area (Å²) in [6, 6.07) is 15.9. The van der Waals surface area contributed by atoms with E-state index in [1.165, 1.54) is 81.0 Å². The summed E-state index contributed by atoms with van der Waals surface area (Å²) in [7, 11) is 4.50. The van der Waals surface area contributed by atoms with Crippen LogP contribution < -0.4 is 4.90 Å². The minimum atomic E-state index is 0.747. The van der Waals surface area contributed by atoms with E-state index in [2.05, 4.69) is 61.5 Å². The van der Waals surface area contributed by atoms with Crippen molar-refractivity contribution in [2.45, 2.75) is 76.0 Å². The number of nitrogens with zero attached hydrogens (tertiary/aromatic N) is 1. The summed E-state index contributed by atoms with van der Waals surface area (Å²) in [5.41, 5.74) is 7.66. The first kappa shape index (κ1) is 18.6. The van der Waals surface area contributed by atoms with Gasteiger partial charge >= 0.3 is 0 Å². The minimum absolute atomic E-state index is 0.747. The Labute approximate surface area is 165 Å². The molecule has 0 aromatic heterocycles. The van der Waals surface area contributed by atoms with Crippen molar-refractivity contribution in [2.24, 2.45) is 0 Å². The number of rotatable bonds is 4. The summed E-state index contributed by atoms with van der Waals surface area (Å²) < 4.78 is 0. The molecule has 2 fully saturated rings. The maximum atomic E-state index is 2.51. The first-order valence-electron chi connectivity index (χ1n) is 11.1. The molecule has 0 aliphatic heterocycles. The van der Waals surface area contributed by atoms with Gasteiger partial charge in [-0.2, -0.15) is 0 Å². The molecule has 0 spiro atoms. The van der Waals surface area contributed by atoms with E-state index in [0.29, 0.717) is 0 Å². The Kier molecular flexibility index (Phi) is 5.86. The van der Waals surface area contributed by atoms with Gasteiger partial charge in [0.15, 0.2) is 0 Å². The van der Waals surface area contributed by atoms with Gasteiger partial charge in [0.2, 0.25) is 0 Å². The third-order valence-electron chi connectivity index (χ3n) is 6.84. The highest BCUT2D eigenvalue weighted by Crippen LogP contribution is 2.48. The lowest BCUT2D eigenvalue weighted by Gasteiger charge is -2.34. The van der Waals surface area contributed by atoms with E-state index in [1.54, 1.807) is 11.1 Å². The largest absolute Gasteiger partial charge is 0.377 e. The van der Waals surface area contributed by atoms with Crippen molar-refractivity contribution in [1.82, 2.24) is 0 Å². The number of hydrogen-bond donors (Lipinski definition) is 0. The van der Waals surface area contributed by atoms with Crippen LogP contribution in [0.15, 0.2) is 42.5 Å². The van der Waals surface area contributed by atoms with Crippen molar-refractivity contribution < 1.29 is 0 Å². The van der Waals surface area contributed by atoms with E-state index in [4.69, 9.17) is 0 Å². The molecule has 4 rings (SSSR count). The van der Waals surface area contributed by atoms with Crippen LogP contribution in [0.4, 0.5) is 5.69 Å². The lowest BCUT2D eigenvalue weighted by Crippen LogP contribution is -2.19. The second-order valence-corrected chi connectivity index (χ2v) is 8.89. The summed E-state index contributed by atoms with van der Waals surface area (Å²) in [6.45, 7) is 0. The van der Waals surface area contributed by atoms with Gasteiger partial charge in [-0.15, -0.1) is 0 Å². The Morgan fingerprint density at radius 2 is 1.26 bits per heavy atom. The van der Waals surface area contributed by atoms with Crippen LogP contribution in [0, 0.1) is 0 Å². The molecule has 2 aliphatic rings. The number of hydrogen-bond acceptors (Lipinski definition) is 1. The van der Waals surface area contributed by atoms with Gasteiger partial charge in [0, 0.05) is 25.3 Å². The molecule has 1 nitrogen and oxygen atoms in total. The zero-order chi connectivity index (χ0) is 18.6. The van der Waals surface area contributed by atoms with Gasteiger partial charge in [-0.3, -0.25) is 0 Å². The molecular weight excluding hydrogens is 326 g/mol. The first-order valence-corrected chi connectivity index (χ1v) is 11.1. The maximum Gasteiger partial charge on any atom is 0.0478 e.